The highest BCUT2D eigenvalue weighted by Gasteiger charge is 2.41. The number of hydrogen-bond donors (Lipinski definition) is 0. The molecule has 4 heteroatoms. The molecule has 0 saturated heterocycles. The Morgan fingerprint density at radius 1 is 0.168 bits per heavy atom. The molecule has 676 valence electrons. The van der Waals surface area contributed by atoms with Gasteiger partial charge >= 0.3 is 0 Å². The predicted molar refractivity (Wildman–Crippen MR) is 609 cm³/mol. The first kappa shape index (κ1) is 84.6. The van der Waals surface area contributed by atoms with Crippen LogP contribution in [0.3, 0.4) is 0 Å². The number of fused-ring (bicyclic) bond motifs is 32. The zero-order chi connectivity index (χ0) is 95.5. The van der Waals surface area contributed by atoms with Crippen molar-refractivity contribution in [1.82, 2.24) is 0 Å². The maximum absolute atomic E-state index is 6.31. The summed E-state index contributed by atoms with van der Waals surface area (Å²) in [6, 6.07) is 180. The van der Waals surface area contributed by atoms with E-state index in [9.17, 15) is 0 Å². The van der Waals surface area contributed by atoms with E-state index in [1.54, 1.807) is 0 Å². The summed E-state index contributed by atoms with van der Waals surface area (Å²) in [5.41, 5.74) is 33.4. The monoisotopic (exact) mass is 1830 g/mol. The molecule has 0 aliphatic heterocycles. The SMILES string of the molecule is CC1(C)c2ccccc2-c2c1c1ccc3cc(N(c4ccccc4)c4ccc(-c5ccccc5)cc4)ccc3c1c1ccccc21.CC1(C)c2ccccc2-c2c1ccc1c2ccc2ccc3cc(N(c4ccc(-c5ccccc5)cc4)c4ccc5ccccc5c4)ccc3c21.CC1(C)c2ccccc2-c2c1ccc1c2ccc2ccc3cc(N(c4ccccc4)c4cccc5oc6ccccc6c45)ccc3c21. The van der Waals surface area contributed by atoms with Gasteiger partial charge in [-0.3, -0.25) is 0 Å². The summed E-state index contributed by atoms with van der Waals surface area (Å²) in [6.45, 7) is 14.2. The average molecular weight is 1830 g/mol. The normalized spacial score (nSPS) is 13.3. The molecule has 0 atom stereocenters. The third-order valence-corrected chi connectivity index (χ3v) is 31.4. The van der Waals surface area contributed by atoms with Crippen molar-refractivity contribution < 1.29 is 4.42 Å². The molecule has 3 aliphatic carbocycles. The van der Waals surface area contributed by atoms with Gasteiger partial charge in [-0.25, -0.2) is 0 Å². The number of furan rings is 1. The van der Waals surface area contributed by atoms with Crippen LogP contribution in [0, 0.1) is 0 Å². The number of anilines is 9. The lowest BCUT2D eigenvalue weighted by atomic mass is 9.78. The van der Waals surface area contributed by atoms with Crippen LogP contribution in [0.25, 0.3) is 185 Å². The summed E-state index contributed by atoms with van der Waals surface area (Å²) in [7, 11) is 0. The molecule has 0 bridgehead atoms. The van der Waals surface area contributed by atoms with Crippen molar-refractivity contribution in [1.29, 1.82) is 0 Å². The van der Waals surface area contributed by atoms with Crippen LogP contribution in [0.15, 0.2) is 496 Å². The van der Waals surface area contributed by atoms with Crippen molar-refractivity contribution in [3.63, 3.8) is 0 Å². The summed E-state index contributed by atoms with van der Waals surface area (Å²) < 4.78 is 6.31. The fraction of sp³-hybridized carbons (Fsp3) is 0.0647. The number of para-hydroxylation sites is 3. The van der Waals surface area contributed by atoms with Gasteiger partial charge in [0, 0.05) is 67.1 Å². The molecule has 143 heavy (non-hydrogen) atoms. The Hall–Kier alpha value is -17.7. The molecule has 0 spiro atoms. The first-order chi connectivity index (χ1) is 70.2. The van der Waals surface area contributed by atoms with E-state index < -0.39 is 0 Å². The van der Waals surface area contributed by atoms with Crippen molar-refractivity contribution >= 4 is 181 Å². The Kier molecular flexibility index (Phi) is 19.7. The van der Waals surface area contributed by atoms with Crippen LogP contribution in [0.4, 0.5) is 51.2 Å². The molecule has 0 saturated carbocycles. The van der Waals surface area contributed by atoms with E-state index in [2.05, 4.69) is 535 Å². The number of hydrogen-bond acceptors (Lipinski definition) is 4. The van der Waals surface area contributed by atoms with Gasteiger partial charge in [0.15, 0.2) is 0 Å². The van der Waals surface area contributed by atoms with Gasteiger partial charge in [-0.2, -0.15) is 0 Å². The third-order valence-electron chi connectivity index (χ3n) is 31.4. The molecule has 0 unspecified atom stereocenters. The van der Waals surface area contributed by atoms with Crippen LogP contribution in [0.5, 0.6) is 0 Å². The van der Waals surface area contributed by atoms with E-state index in [1.165, 1.54) is 197 Å². The van der Waals surface area contributed by atoms with Crippen molar-refractivity contribution in [3.8, 4) is 55.6 Å². The Balaban J connectivity index is 0.000000107. The van der Waals surface area contributed by atoms with Gasteiger partial charge in [0.05, 0.1) is 11.1 Å². The van der Waals surface area contributed by atoms with Gasteiger partial charge < -0.3 is 19.1 Å². The van der Waals surface area contributed by atoms with Gasteiger partial charge in [-0.05, 0) is 312 Å². The van der Waals surface area contributed by atoms with E-state index in [-0.39, 0.29) is 16.2 Å². The van der Waals surface area contributed by atoms with Gasteiger partial charge in [0.2, 0.25) is 0 Å². The first-order valence-corrected chi connectivity index (χ1v) is 50.0. The Bertz CT molecular complexity index is 9680. The molecule has 0 radical (unpaired) electrons. The first-order valence-electron chi connectivity index (χ1n) is 50.0. The standard InChI is InChI=1S/C49H35N.C45H31NO.C45H33N/c1-49(2)45-15-9-8-14-44(45)48-43-26-21-35-16-17-37-31-40(25-27-41(37)47(35)42(43)28-29-46(48)49)50(39-24-20-33-12-6-7-13-36(33)30-39)38-22-18-34(19-23-38)32-10-4-3-5-11-32;1-45(2)37-15-8-6-13-35(37)43-34-23-21-28-19-20-29-27-31(22-24-32(29)42(28)33(34)25-26-38(43)45)46(30-11-4-3-5-12-30)39-16-10-18-41-44(39)36-14-7-9-17-40(36)47-41;1-45(2)41-20-12-11-19-39(41)43-38-18-10-9-17-37(38)42-36-28-26-35(29-32(36)23-27-40(42)44(43)45)46(33-15-7-4-8-16-33)34-24-21-31(22-25-34)30-13-5-3-6-14-30/h3-31H,1-2H3;3-27H,1-2H3;3-29H,1-2H3. The lowest BCUT2D eigenvalue weighted by Crippen LogP contribution is -2.15. The molecule has 0 amide bonds. The lowest BCUT2D eigenvalue weighted by molar-refractivity contribution is 0.660. The number of nitrogens with zero attached hydrogens (tertiary/aromatic N) is 3. The Labute approximate surface area is 832 Å². The number of benzene rings is 25. The molecule has 3 aliphatic rings. The second-order valence-electron chi connectivity index (χ2n) is 40.4. The third kappa shape index (κ3) is 13.6. The van der Waals surface area contributed by atoms with Crippen LogP contribution in [-0.4, -0.2) is 0 Å². The van der Waals surface area contributed by atoms with Gasteiger partial charge in [0.25, 0.3) is 0 Å². The van der Waals surface area contributed by atoms with E-state index in [0.29, 0.717) is 0 Å². The van der Waals surface area contributed by atoms with E-state index >= 15 is 0 Å². The van der Waals surface area contributed by atoms with Gasteiger partial charge in [-0.15, -0.1) is 0 Å². The second-order valence-corrected chi connectivity index (χ2v) is 40.4. The summed E-state index contributed by atoms with van der Waals surface area (Å²) in [4.78, 5) is 7.11. The molecular formula is C139H99N3O. The number of rotatable bonds is 11. The van der Waals surface area contributed by atoms with Crippen LogP contribution < -0.4 is 14.7 Å². The highest BCUT2D eigenvalue weighted by atomic mass is 16.3. The zero-order valence-corrected chi connectivity index (χ0v) is 80.5. The van der Waals surface area contributed by atoms with Crippen molar-refractivity contribution in [3.05, 3.63) is 525 Å². The molecule has 25 aromatic carbocycles. The van der Waals surface area contributed by atoms with Crippen LogP contribution in [-0.2, 0) is 16.2 Å². The minimum atomic E-state index is -0.0855. The largest absolute Gasteiger partial charge is 0.456 e. The maximum Gasteiger partial charge on any atom is 0.137 e. The Morgan fingerprint density at radius 2 is 0.490 bits per heavy atom. The summed E-state index contributed by atoms with van der Waals surface area (Å²) in [5, 5.41) is 28.0. The molecule has 0 fully saturated rings. The van der Waals surface area contributed by atoms with Crippen LogP contribution in [0.1, 0.15) is 74.9 Å². The topological polar surface area (TPSA) is 22.9 Å². The van der Waals surface area contributed by atoms with E-state index in [0.717, 1.165) is 73.1 Å². The fourth-order valence-corrected chi connectivity index (χ4v) is 24.7. The molecule has 0 N–H and O–H groups in total. The average Bonchev–Trinajstić information content (AvgIpc) is 1.54. The summed E-state index contributed by atoms with van der Waals surface area (Å²) >= 11 is 0. The smallest absolute Gasteiger partial charge is 0.137 e. The summed E-state index contributed by atoms with van der Waals surface area (Å²) in [6.07, 6.45) is 0. The molecule has 4 nitrogen and oxygen atoms in total. The fourth-order valence-electron chi connectivity index (χ4n) is 24.7. The summed E-state index contributed by atoms with van der Waals surface area (Å²) in [5.74, 6) is 0. The van der Waals surface area contributed by atoms with Gasteiger partial charge in [-0.1, -0.05) is 418 Å². The van der Waals surface area contributed by atoms with E-state index in [4.69, 9.17) is 4.42 Å². The zero-order valence-electron chi connectivity index (χ0n) is 80.5. The molecule has 1 aromatic heterocycles. The predicted octanol–water partition coefficient (Wildman–Crippen LogP) is 39.2. The highest BCUT2D eigenvalue weighted by molar-refractivity contribution is 6.28. The van der Waals surface area contributed by atoms with Crippen molar-refractivity contribution in [2.45, 2.75) is 57.8 Å². The second kappa shape index (κ2) is 33.3. The minimum Gasteiger partial charge on any atom is -0.456 e. The van der Waals surface area contributed by atoms with Gasteiger partial charge in [0.1, 0.15) is 11.2 Å². The highest BCUT2D eigenvalue weighted by Crippen LogP contribution is 2.59. The van der Waals surface area contributed by atoms with Crippen LogP contribution >= 0.6 is 0 Å². The Morgan fingerprint density at radius 3 is 1.02 bits per heavy atom. The molecule has 26 aromatic rings. The van der Waals surface area contributed by atoms with Crippen molar-refractivity contribution in [2.24, 2.45) is 0 Å². The molecular weight excluding hydrogens is 1730 g/mol. The van der Waals surface area contributed by atoms with E-state index in [1.807, 2.05) is 12.1 Å². The quantitative estimate of drug-likeness (QED) is 0.120. The minimum absolute atomic E-state index is 0.0196. The molecule has 1 heterocycles. The lowest BCUT2D eigenvalue weighted by Gasteiger charge is -2.27. The maximum atomic E-state index is 6.31. The van der Waals surface area contributed by atoms with Crippen LogP contribution in [0.2, 0.25) is 0 Å². The molecule has 29 rings (SSSR count). The van der Waals surface area contributed by atoms with Crippen molar-refractivity contribution in [2.75, 3.05) is 14.7 Å².